The minimum Gasteiger partial charge on any atom is -0.228 e. The molecule has 2 heterocycles. The highest BCUT2D eigenvalue weighted by molar-refractivity contribution is 7.26. The lowest BCUT2D eigenvalue weighted by Crippen LogP contribution is -1.99. The van der Waals surface area contributed by atoms with Crippen LogP contribution in [-0.2, 0) is 0 Å². The van der Waals surface area contributed by atoms with Crippen LogP contribution in [0.1, 0.15) is 5.82 Å². The Morgan fingerprint density at radius 1 is 0.510 bits per heavy atom. The van der Waals surface area contributed by atoms with Crippen LogP contribution in [0.3, 0.4) is 0 Å². The Morgan fingerprint density at radius 2 is 1.16 bits per heavy atom. The first-order valence-electron chi connectivity index (χ1n) is 17.1. The molecule has 0 bridgehead atoms. The van der Waals surface area contributed by atoms with E-state index < -0.39 is 0 Å². The van der Waals surface area contributed by atoms with Crippen LogP contribution in [-0.4, -0.2) is 9.97 Å². The number of nitrogens with zero attached hydrogens (tertiary/aromatic N) is 2. The number of allylic oxidation sites excluding steroid dienone is 4. The van der Waals surface area contributed by atoms with Crippen molar-refractivity contribution >= 4 is 58.6 Å². The molecule has 9 aromatic rings. The van der Waals surface area contributed by atoms with Crippen LogP contribution in [0.5, 0.6) is 0 Å². The van der Waals surface area contributed by atoms with E-state index in [0.29, 0.717) is 5.82 Å². The maximum atomic E-state index is 5.28. The summed E-state index contributed by atoms with van der Waals surface area (Å²) in [6.07, 6.45) is 5.47. The molecule has 2 aromatic heterocycles. The smallest absolute Gasteiger partial charge is 0.160 e. The van der Waals surface area contributed by atoms with Crippen molar-refractivity contribution in [1.29, 1.82) is 0 Å². The monoisotopic (exact) mass is 668 g/mol. The fraction of sp³-hybridized carbons (Fsp3) is 0. The number of fused-ring (bicyclic) bond motifs is 6. The summed E-state index contributed by atoms with van der Waals surface area (Å²) in [5, 5.41) is 7.46. The molecule has 0 aliphatic rings. The summed E-state index contributed by atoms with van der Waals surface area (Å²) in [7, 11) is 0. The molecule has 0 N–H and O–H groups in total. The van der Waals surface area contributed by atoms with Crippen molar-refractivity contribution in [1.82, 2.24) is 9.97 Å². The Bertz CT molecular complexity index is 2820. The number of thiophene rings is 1. The van der Waals surface area contributed by atoms with Gasteiger partial charge in [0.25, 0.3) is 0 Å². The third-order valence-electron chi connectivity index (χ3n) is 9.65. The van der Waals surface area contributed by atoms with Gasteiger partial charge in [-0.2, -0.15) is 0 Å². The van der Waals surface area contributed by atoms with Gasteiger partial charge in [-0.1, -0.05) is 159 Å². The summed E-state index contributed by atoms with van der Waals surface area (Å²) >= 11 is 1.82. The molecule has 0 spiro atoms. The zero-order valence-corrected chi connectivity index (χ0v) is 28.7. The van der Waals surface area contributed by atoms with Crippen molar-refractivity contribution < 1.29 is 0 Å². The van der Waals surface area contributed by atoms with Gasteiger partial charge in [0, 0.05) is 36.9 Å². The first-order valence-corrected chi connectivity index (χ1v) is 17.9. The van der Waals surface area contributed by atoms with Crippen molar-refractivity contribution in [2.24, 2.45) is 0 Å². The van der Waals surface area contributed by atoms with Crippen LogP contribution in [0, 0.1) is 0 Å². The standard InChI is InChI=1S/C48H32N2S/c1-3-14-31(4-2)48-49-42(34-15-6-5-7-16-34)30-43(50-48)46-37(27-28-45-47(46)40-21-12-13-22-44(40)51-45)32-23-25-33(26-24-32)41-29-35-17-8-9-18-36(35)38-19-10-11-20-39(38)41/h3-30H,1-2H2/b31-14+. The van der Waals surface area contributed by atoms with Crippen LogP contribution < -0.4 is 0 Å². The van der Waals surface area contributed by atoms with Gasteiger partial charge in [-0.3, -0.25) is 0 Å². The lowest BCUT2D eigenvalue weighted by atomic mass is 9.90. The second kappa shape index (κ2) is 12.8. The molecule has 7 aromatic carbocycles. The van der Waals surface area contributed by atoms with Crippen molar-refractivity contribution in [3.63, 3.8) is 0 Å². The average Bonchev–Trinajstić information content (AvgIpc) is 3.58. The van der Waals surface area contributed by atoms with E-state index in [-0.39, 0.29) is 0 Å². The highest BCUT2D eigenvalue weighted by Gasteiger charge is 2.20. The molecule has 0 saturated heterocycles. The fourth-order valence-electron chi connectivity index (χ4n) is 7.27. The maximum absolute atomic E-state index is 5.28. The van der Waals surface area contributed by atoms with Gasteiger partial charge in [0.2, 0.25) is 0 Å². The van der Waals surface area contributed by atoms with Crippen LogP contribution in [0.25, 0.3) is 92.1 Å². The van der Waals surface area contributed by atoms with Gasteiger partial charge in [0.1, 0.15) is 0 Å². The molecule has 0 radical (unpaired) electrons. The molecule has 0 amide bonds. The number of benzene rings is 7. The predicted molar refractivity (Wildman–Crippen MR) is 220 cm³/mol. The topological polar surface area (TPSA) is 25.8 Å². The van der Waals surface area contributed by atoms with E-state index in [2.05, 4.69) is 147 Å². The Morgan fingerprint density at radius 3 is 1.92 bits per heavy atom. The van der Waals surface area contributed by atoms with E-state index in [1.807, 2.05) is 35.6 Å². The van der Waals surface area contributed by atoms with Gasteiger partial charge in [-0.05, 0) is 68.1 Å². The molecule has 2 nitrogen and oxygen atoms in total. The molecule has 0 aliphatic heterocycles. The molecule has 9 rings (SSSR count). The molecule has 0 atom stereocenters. The van der Waals surface area contributed by atoms with E-state index in [0.717, 1.165) is 39.2 Å². The van der Waals surface area contributed by atoms with Gasteiger partial charge in [-0.25, -0.2) is 9.97 Å². The normalized spacial score (nSPS) is 11.8. The second-order valence-corrected chi connectivity index (χ2v) is 13.7. The molecule has 240 valence electrons. The van der Waals surface area contributed by atoms with E-state index in [4.69, 9.17) is 9.97 Å². The van der Waals surface area contributed by atoms with Gasteiger partial charge in [0.15, 0.2) is 5.82 Å². The van der Waals surface area contributed by atoms with Crippen molar-refractivity contribution in [2.45, 2.75) is 0 Å². The van der Waals surface area contributed by atoms with Gasteiger partial charge >= 0.3 is 0 Å². The van der Waals surface area contributed by atoms with Crippen molar-refractivity contribution in [2.75, 3.05) is 0 Å². The Labute approximate surface area is 301 Å². The maximum Gasteiger partial charge on any atom is 0.160 e. The number of rotatable bonds is 7. The molecule has 51 heavy (non-hydrogen) atoms. The lowest BCUT2D eigenvalue weighted by Gasteiger charge is -2.16. The minimum atomic E-state index is 0.613. The van der Waals surface area contributed by atoms with Crippen molar-refractivity contribution in [3.8, 4) is 44.8 Å². The van der Waals surface area contributed by atoms with Crippen molar-refractivity contribution in [3.05, 3.63) is 189 Å². The Hall–Kier alpha value is -6.42. The summed E-state index contributed by atoms with van der Waals surface area (Å²) in [6, 6.07) is 54.3. The fourth-order valence-corrected chi connectivity index (χ4v) is 8.38. The number of hydrogen-bond acceptors (Lipinski definition) is 3. The number of hydrogen-bond donors (Lipinski definition) is 0. The third-order valence-corrected chi connectivity index (χ3v) is 10.8. The first kappa shape index (κ1) is 30.6. The lowest BCUT2D eigenvalue weighted by molar-refractivity contribution is 1.13. The highest BCUT2D eigenvalue weighted by Crippen LogP contribution is 2.45. The molecule has 0 aliphatic carbocycles. The SMILES string of the molecule is C=C/C=C(\C=C)c1nc(-c2ccccc2)cc(-c2c(-c3ccc(-c4cc5ccccc5c5ccccc45)cc3)ccc3sc4ccccc4c23)n1. The van der Waals surface area contributed by atoms with Gasteiger partial charge in [0.05, 0.1) is 11.4 Å². The van der Waals surface area contributed by atoms with Crippen LogP contribution >= 0.6 is 11.3 Å². The molecule has 0 fully saturated rings. The van der Waals surface area contributed by atoms with E-state index in [1.165, 1.54) is 52.8 Å². The minimum absolute atomic E-state index is 0.613. The van der Waals surface area contributed by atoms with Gasteiger partial charge < -0.3 is 0 Å². The van der Waals surface area contributed by atoms with E-state index in [1.54, 1.807) is 12.2 Å². The van der Waals surface area contributed by atoms with E-state index in [9.17, 15) is 0 Å². The van der Waals surface area contributed by atoms with E-state index >= 15 is 0 Å². The summed E-state index contributed by atoms with van der Waals surface area (Å²) in [5.74, 6) is 0.613. The zero-order chi connectivity index (χ0) is 34.3. The summed E-state index contributed by atoms with van der Waals surface area (Å²) < 4.78 is 2.47. The van der Waals surface area contributed by atoms with Gasteiger partial charge in [-0.15, -0.1) is 11.3 Å². The Balaban J connectivity index is 1.29. The van der Waals surface area contributed by atoms with Crippen LogP contribution in [0.15, 0.2) is 183 Å². The van der Waals surface area contributed by atoms with Crippen LogP contribution in [0.2, 0.25) is 0 Å². The molecule has 0 saturated carbocycles. The third kappa shape index (κ3) is 5.36. The predicted octanol–water partition coefficient (Wildman–Crippen LogP) is 13.6. The molecule has 3 heteroatoms. The highest BCUT2D eigenvalue weighted by atomic mass is 32.1. The largest absolute Gasteiger partial charge is 0.228 e. The second-order valence-electron chi connectivity index (χ2n) is 12.6. The Kier molecular flexibility index (Phi) is 7.68. The molecular weight excluding hydrogens is 637 g/mol. The molecule has 0 unspecified atom stereocenters. The zero-order valence-electron chi connectivity index (χ0n) is 27.9. The summed E-state index contributed by atoms with van der Waals surface area (Å²) in [6.45, 7) is 8.02. The quantitative estimate of drug-likeness (QED) is 0.125. The first-order chi connectivity index (χ1) is 25.2. The molecular formula is C48H32N2S. The van der Waals surface area contributed by atoms with Crippen LogP contribution in [0.4, 0.5) is 0 Å². The average molecular weight is 669 g/mol. The summed E-state index contributed by atoms with van der Waals surface area (Å²) in [5.41, 5.74) is 9.33. The summed E-state index contributed by atoms with van der Waals surface area (Å²) in [4.78, 5) is 10.3. The number of aromatic nitrogens is 2.